The Balaban J connectivity index is 1.43. The zero-order valence-electron chi connectivity index (χ0n) is 18.6. The van der Waals surface area contributed by atoms with Crippen LogP contribution in [0.15, 0.2) is 65.1 Å². The summed E-state index contributed by atoms with van der Waals surface area (Å²) in [6.45, 7) is 7.99. The van der Waals surface area contributed by atoms with E-state index < -0.39 is 0 Å². The predicted octanol–water partition coefficient (Wildman–Crippen LogP) is 5.65. The van der Waals surface area contributed by atoms with Gasteiger partial charge in [0.1, 0.15) is 5.75 Å². The number of nitrogens with zero attached hydrogens (tertiary/aromatic N) is 2. The molecule has 1 aromatic heterocycles. The van der Waals surface area contributed by atoms with Gasteiger partial charge < -0.3 is 14.5 Å². The fourth-order valence-corrected chi connectivity index (χ4v) is 3.31. The van der Waals surface area contributed by atoms with Crippen LogP contribution in [0.25, 0.3) is 22.9 Å². The lowest BCUT2D eigenvalue weighted by atomic mass is 10.1. The molecule has 32 heavy (non-hydrogen) atoms. The van der Waals surface area contributed by atoms with Crippen LogP contribution < -0.4 is 10.1 Å². The summed E-state index contributed by atoms with van der Waals surface area (Å²) < 4.78 is 11.6. The third-order valence-corrected chi connectivity index (χ3v) is 5.27. The van der Waals surface area contributed by atoms with E-state index in [1.807, 2.05) is 63.2 Å². The zero-order chi connectivity index (χ0) is 22.7. The second-order valence-corrected chi connectivity index (χ2v) is 7.90. The Kier molecular flexibility index (Phi) is 6.03. The van der Waals surface area contributed by atoms with E-state index in [2.05, 4.69) is 28.5 Å². The van der Waals surface area contributed by atoms with E-state index in [4.69, 9.17) is 9.15 Å². The molecule has 0 spiro atoms. The average molecular weight is 428 g/mol. The maximum atomic E-state index is 12.4. The summed E-state index contributed by atoms with van der Waals surface area (Å²) in [6.07, 6.45) is 0. The smallest absolute Gasteiger partial charge is 0.262 e. The highest BCUT2D eigenvalue weighted by Crippen LogP contribution is 2.26. The van der Waals surface area contributed by atoms with Crippen molar-refractivity contribution in [1.82, 2.24) is 10.2 Å². The number of hydrogen-bond donors (Lipinski definition) is 1. The zero-order valence-corrected chi connectivity index (χ0v) is 18.6. The van der Waals surface area contributed by atoms with Crippen molar-refractivity contribution < 1.29 is 13.9 Å². The standard InChI is InChI=1S/C26H25N3O3/c1-16-8-10-20(11-9-16)25-28-29-26(32-25)21-6-5-7-22(14-21)27-24(30)15-31-23-13-18(3)17(2)12-19(23)4/h5-14H,15H2,1-4H3,(H,27,30). The Morgan fingerprint density at radius 1 is 0.844 bits per heavy atom. The van der Waals surface area contributed by atoms with Crippen molar-refractivity contribution in [3.05, 3.63) is 82.9 Å². The molecule has 4 aromatic rings. The van der Waals surface area contributed by atoms with Crippen molar-refractivity contribution >= 4 is 11.6 Å². The highest BCUT2D eigenvalue weighted by Gasteiger charge is 2.12. The Labute approximate surface area is 187 Å². The van der Waals surface area contributed by atoms with Crippen LogP contribution in [0.2, 0.25) is 0 Å². The fourth-order valence-electron chi connectivity index (χ4n) is 3.31. The fraction of sp³-hybridized carbons (Fsp3) is 0.192. The van der Waals surface area contributed by atoms with Gasteiger partial charge in [0.05, 0.1) is 0 Å². The molecule has 0 saturated heterocycles. The normalized spacial score (nSPS) is 10.8. The molecule has 4 rings (SSSR count). The molecule has 0 aliphatic rings. The van der Waals surface area contributed by atoms with Crippen molar-refractivity contribution in [3.8, 4) is 28.7 Å². The van der Waals surface area contributed by atoms with Crippen LogP contribution in [-0.2, 0) is 4.79 Å². The van der Waals surface area contributed by atoms with Gasteiger partial charge >= 0.3 is 0 Å². The molecule has 1 heterocycles. The number of carbonyl (C=O) groups is 1. The third-order valence-electron chi connectivity index (χ3n) is 5.27. The average Bonchev–Trinajstić information content (AvgIpc) is 3.26. The lowest BCUT2D eigenvalue weighted by Gasteiger charge is -2.12. The van der Waals surface area contributed by atoms with Crippen LogP contribution in [0.1, 0.15) is 22.3 Å². The number of aryl methyl sites for hydroxylation is 4. The van der Waals surface area contributed by atoms with Crippen molar-refractivity contribution in [2.45, 2.75) is 27.7 Å². The molecule has 0 aliphatic heterocycles. The minimum Gasteiger partial charge on any atom is -0.483 e. The van der Waals surface area contributed by atoms with E-state index >= 15 is 0 Å². The second-order valence-electron chi connectivity index (χ2n) is 7.90. The van der Waals surface area contributed by atoms with Gasteiger partial charge in [-0.1, -0.05) is 29.8 Å². The maximum Gasteiger partial charge on any atom is 0.262 e. The molecular formula is C26H25N3O3. The summed E-state index contributed by atoms with van der Waals surface area (Å²) in [5.74, 6) is 1.31. The maximum absolute atomic E-state index is 12.4. The molecule has 6 heteroatoms. The highest BCUT2D eigenvalue weighted by molar-refractivity contribution is 5.92. The van der Waals surface area contributed by atoms with E-state index in [0.29, 0.717) is 23.2 Å². The second kappa shape index (κ2) is 9.06. The first-order chi connectivity index (χ1) is 15.4. The van der Waals surface area contributed by atoms with Gasteiger partial charge in [-0.15, -0.1) is 10.2 Å². The van der Waals surface area contributed by atoms with Crippen LogP contribution in [0.5, 0.6) is 5.75 Å². The van der Waals surface area contributed by atoms with Crippen molar-refractivity contribution in [2.24, 2.45) is 0 Å². The number of anilines is 1. The number of ether oxygens (including phenoxy) is 1. The molecule has 1 amide bonds. The Bertz CT molecular complexity index is 1260. The Morgan fingerprint density at radius 3 is 2.28 bits per heavy atom. The number of benzene rings is 3. The van der Waals surface area contributed by atoms with Gasteiger partial charge in [-0.05, 0) is 80.8 Å². The van der Waals surface area contributed by atoms with E-state index in [-0.39, 0.29) is 12.5 Å². The van der Waals surface area contributed by atoms with Crippen LogP contribution >= 0.6 is 0 Å². The summed E-state index contributed by atoms with van der Waals surface area (Å²) in [6, 6.07) is 19.2. The first-order valence-corrected chi connectivity index (χ1v) is 10.4. The molecule has 162 valence electrons. The third kappa shape index (κ3) is 4.86. The van der Waals surface area contributed by atoms with Gasteiger partial charge in [-0.25, -0.2) is 0 Å². The molecule has 6 nitrogen and oxygen atoms in total. The van der Waals surface area contributed by atoms with E-state index in [1.165, 1.54) is 5.56 Å². The molecule has 1 N–H and O–H groups in total. The molecule has 0 bridgehead atoms. The van der Waals surface area contributed by atoms with E-state index in [0.717, 1.165) is 27.8 Å². The lowest BCUT2D eigenvalue weighted by Crippen LogP contribution is -2.20. The van der Waals surface area contributed by atoms with Crippen molar-refractivity contribution in [3.63, 3.8) is 0 Å². The summed E-state index contributed by atoms with van der Waals surface area (Å²) >= 11 is 0. The number of rotatable bonds is 6. The van der Waals surface area contributed by atoms with Gasteiger partial charge in [0.15, 0.2) is 6.61 Å². The van der Waals surface area contributed by atoms with Crippen LogP contribution in [0, 0.1) is 27.7 Å². The minimum absolute atomic E-state index is 0.0777. The molecular weight excluding hydrogens is 402 g/mol. The van der Waals surface area contributed by atoms with Crippen molar-refractivity contribution in [2.75, 3.05) is 11.9 Å². The number of nitrogens with one attached hydrogen (secondary N) is 1. The Morgan fingerprint density at radius 2 is 1.53 bits per heavy atom. The van der Waals surface area contributed by atoms with Crippen molar-refractivity contribution in [1.29, 1.82) is 0 Å². The highest BCUT2D eigenvalue weighted by atomic mass is 16.5. The predicted molar refractivity (Wildman–Crippen MR) is 125 cm³/mol. The van der Waals surface area contributed by atoms with Gasteiger partial charge in [0, 0.05) is 16.8 Å². The number of amides is 1. The quantitative estimate of drug-likeness (QED) is 0.430. The number of hydrogen-bond acceptors (Lipinski definition) is 5. The topological polar surface area (TPSA) is 77.2 Å². The van der Waals surface area contributed by atoms with Crippen LogP contribution in [-0.4, -0.2) is 22.7 Å². The monoisotopic (exact) mass is 427 g/mol. The van der Waals surface area contributed by atoms with E-state index in [9.17, 15) is 4.79 Å². The first-order valence-electron chi connectivity index (χ1n) is 10.4. The van der Waals surface area contributed by atoms with Crippen LogP contribution in [0.3, 0.4) is 0 Å². The summed E-state index contributed by atoms with van der Waals surface area (Å²) in [5.41, 5.74) is 6.70. The Hall–Kier alpha value is -3.93. The first kappa shape index (κ1) is 21.3. The minimum atomic E-state index is -0.245. The largest absolute Gasteiger partial charge is 0.483 e. The van der Waals surface area contributed by atoms with E-state index in [1.54, 1.807) is 12.1 Å². The van der Waals surface area contributed by atoms with Gasteiger partial charge in [0.2, 0.25) is 11.8 Å². The van der Waals surface area contributed by atoms with Gasteiger partial charge in [0.25, 0.3) is 5.91 Å². The molecule has 0 atom stereocenters. The van der Waals surface area contributed by atoms with Crippen LogP contribution in [0.4, 0.5) is 5.69 Å². The molecule has 0 radical (unpaired) electrons. The number of carbonyl (C=O) groups excluding carboxylic acids is 1. The molecule has 0 saturated carbocycles. The molecule has 0 aliphatic carbocycles. The molecule has 3 aromatic carbocycles. The molecule has 0 unspecified atom stereocenters. The summed E-state index contributed by atoms with van der Waals surface area (Å²) in [4.78, 5) is 12.4. The molecule has 0 fully saturated rings. The number of aromatic nitrogens is 2. The summed E-state index contributed by atoms with van der Waals surface area (Å²) in [7, 11) is 0. The van der Waals surface area contributed by atoms with Gasteiger partial charge in [-0.3, -0.25) is 4.79 Å². The summed E-state index contributed by atoms with van der Waals surface area (Å²) in [5, 5.41) is 11.2. The lowest BCUT2D eigenvalue weighted by molar-refractivity contribution is -0.118. The SMILES string of the molecule is Cc1ccc(-c2nnc(-c3cccc(NC(=O)COc4cc(C)c(C)cc4C)c3)o2)cc1. The van der Waals surface area contributed by atoms with Gasteiger partial charge in [-0.2, -0.15) is 0 Å².